The molecular formula is C37H38BrN3O7S. The van der Waals surface area contributed by atoms with Gasteiger partial charge in [-0.2, -0.15) is 0 Å². The van der Waals surface area contributed by atoms with Crippen LogP contribution in [0.4, 0.5) is 4.79 Å². The van der Waals surface area contributed by atoms with E-state index in [-0.39, 0.29) is 24.3 Å². The van der Waals surface area contributed by atoms with Crippen molar-refractivity contribution in [3.63, 3.8) is 0 Å². The van der Waals surface area contributed by atoms with Crippen LogP contribution in [0.25, 0.3) is 11.1 Å². The summed E-state index contributed by atoms with van der Waals surface area (Å²) in [5.74, 6) is -1.01. The van der Waals surface area contributed by atoms with E-state index >= 15 is 0 Å². The van der Waals surface area contributed by atoms with Gasteiger partial charge in [-0.15, -0.1) is 0 Å². The van der Waals surface area contributed by atoms with Gasteiger partial charge >= 0.3 is 6.09 Å². The molecule has 0 bridgehead atoms. The van der Waals surface area contributed by atoms with Gasteiger partial charge in [-0.05, 0) is 73.9 Å². The molecule has 5 rings (SSSR count). The summed E-state index contributed by atoms with van der Waals surface area (Å²) in [5, 5.41) is 2.72. The quantitative estimate of drug-likeness (QED) is 0.200. The Balaban J connectivity index is 1.36. The Hall–Kier alpha value is -4.68. The van der Waals surface area contributed by atoms with Crippen molar-refractivity contribution in [2.75, 3.05) is 6.54 Å². The number of halogens is 1. The molecule has 1 fully saturated rings. The lowest BCUT2D eigenvalue weighted by atomic mass is 10.0. The molecule has 49 heavy (non-hydrogen) atoms. The van der Waals surface area contributed by atoms with Gasteiger partial charge in [-0.1, -0.05) is 88.7 Å². The number of sulfonamides is 1. The maximum atomic E-state index is 14.0. The number of rotatable bonds is 10. The number of likely N-dealkylation sites (tertiary alicyclic amines) is 1. The number of ether oxygens (including phenoxy) is 2. The van der Waals surface area contributed by atoms with E-state index in [9.17, 15) is 22.8 Å². The molecular weight excluding hydrogens is 710 g/mol. The SMILES string of the molecule is CC(C)(C)OC(=O)N1C[C@@H](Oc2ccc(-c3ccccc3)cc2)C[C@H]1C(=O)N[C@@H](Cc1ccc(Br)cc1)C(=O)NS(=O)(=O)c1ccccc1. The molecule has 0 aliphatic carbocycles. The molecule has 0 saturated carbocycles. The summed E-state index contributed by atoms with van der Waals surface area (Å²) < 4.78 is 40.9. The molecule has 0 aromatic heterocycles. The van der Waals surface area contributed by atoms with Crippen molar-refractivity contribution in [2.45, 2.75) is 62.3 Å². The predicted octanol–water partition coefficient (Wildman–Crippen LogP) is 6.11. The molecule has 3 amide bonds. The normalized spacial score (nSPS) is 16.8. The van der Waals surface area contributed by atoms with Crippen LogP contribution in [0.5, 0.6) is 5.75 Å². The number of benzene rings is 4. The summed E-state index contributed by atoms with van der Waals surface area (Å²) in [6.07, 6.45) is -1.18. The molecule has 2 N–H and O–H groups in total. The molecule has 1 saturated heterocycles. The first-order valence-corrected chi connectivity index (χ1v) is 18.0. The molecule has 1 aliphatic heterocycles. The second kappa shape index (κ2) is 15.3. The van der Waals surface area contributed by atoms with Crippen LogP contribution < -0.4 is 14.8 Å². The molecule has 0 spiro atoms. The van der Waals surface area contributed by atoms with Gasteiger partial charge in [0, 0.05) is 17.3 Å². The monoisotopic (exact) mass is 747 g/mol. The zero-order chi connectivity index (χ0) is 35.2. The lowest BCUT2D eigenvalue weighted by Crippen LogP contribution is -2.54. The number of nitrogens with zero attached hydrogens (tertiary/aromatic N) is 1. The van der Waals surface area contributed by atoms with Crippen molar-refractivity contribution in [3.8, 4) is 16.9 Å². The molecule has 3 atom stereocenters. The minimum atomic E-state index is -4.23. The summed E-state index contributed by atoms with van der Waals surface area (Å²) in [6, 6.07) is 29.6. The fourth-order valence-corrected chi connectivity index (χ4v) is 6.70. The topological polar surface area (TPSA) is 131 Å². The van der Waals surface area contributed by atoms with Crippen molar-refractivity contribution >= 4 is 43.9 Å². The highest BCUT2D eigenvalue weighted by Crippen LogP contribution is 2.28. The van der Waals surface area contributed by atoms with Gasteiger partial charge in [0.05, 0.1) is 11.4 Å². The molecule has 0 radical (unpaired) electrons. The number of nitrogens with one attached hydrogen (secondary N) is 2. The molecule has 1 aliphatic rings. The lowest BCUT2D eigenvalue weighted by Gasteiger charge is -2.28. The predicted molar refractivity (Wildman–Crippen MR) is 189 cm³/mol. The van der Waals surface area contributed by atoms with Gasteiger partial charge in [0.25, 0.3) is 15.9 Å². The van der Waals surface area contributed by atoms with Gasteiger partial charge in [0.2, 0.25) is 5.91 Å². The van der Waals surface area contributed by atoms with E-state index in [2.05, 4.69) is 26.0 Å². The number of carbonyl (C=O) groups is 3. The number of hydrogen-bond donors (Lipinski definition) is 2. The first-order valence-electron chi connectivity index (χ1n) is 15.8. The van der Waals surface area contributed by atoms with Crippen molar-refractivity contribution < 1.29 is 32.3 Å². The van der Waals surface area contributed by atoms with Gasteiger partial charge in [0.1, 0.15) is 29.5 Å². The van der Waals surface area contributed by atoms with Crippen LogP contribution in [-0.2, 0) is 30.8 Å². The third-order valence-electron chi connectivity index (χ3n) is 7.73. The molecule has 256 valence electrons. The Labute approximate surface area is 295 Å². The third kappa shape index (κ3) is 9.70. The van der Waals surface area contributed by atoms with Crippen molar-refractivity contribution in [3.05, 3.63) is 119 Å². The van der Waals surface area contributed by atoms with Crippen LogP contribution in [0.15, 0.2) is 119 Å². The highest BCUT2D eigenvalue weighted by molar-refractivity contribution is 9.10. The van der Waals surface area contributed by atoms with Crippen LogP contribution in [0.1, 0.15) is 32.8 Å². The number of amides is 3. The fourth-order valence-electron chi connectivity index (χ4n) is 5.40. The van der Waals surface area contributed by atoms with E-state index < -0.39 is 51.7 Å². The molecule has 4 aromatic carbocycles. The molecule has 12 heteroatoms. The van der Waals surface area contributed by atoms with Crippen molar-refractivity contribution in [1.29, 1.82) is 0 Å². The first kappa shape index (κ1) is 35.6. The van der Waals surface area contributed by atoms with Crippen LogP contribution >= 0.6 is 15.9 Å². The van der Waals surface area contributed by atoms with Gasteiger partial charge in [0.15, 0.2) is 0 Å². The molecule has 0 unspecified atom stereocenters. The van der Waals surface area contributed by atoms with Crippen LogP contribution in [-0.4, -0.2) is 61.6 Å². The summed E-state index contributed by atoms with van der Waals surface area (Å²) >= 11 is 3.39. The molecule has 4 aromatic rings. The summed E-state index contributed by atoms with van der Waals surface area (Å²) in [4.78, 5) is 42.1. The van der Waals surface area contributed by atoms with Crippen LogP contribution in [0.2, 0.25) is 0 Å². The average molecular weight is 749 g/mol. The molecule has 10 nitrogen and oxygen atoms in total. The lowest BCUT2D eigenvalue weighted by molar-refractivity contribution is -0.130. The van der Waals surface area contributed by atoms with E-state index in [1.807, 2.05) is 54.6 Å². The highest BCUT2D eigenvalue weighted by Gasteiger charge is 2.43. The third-order valence-corrected chi connectivity index (χ3v) is 9.62. The van der Waals surface area contributed by atoms with Gasteiger partial charge in [-0.25, -0.2) is 17.9 Å². The Morgan fingerprint density at radius 3 is 2.06 bits per heavy atom. The zero-order valence-electron chi connectivity index (χ0n) is 27.3. The Morgan fingerprint density at radius 2 is 1.45 bits per heavy atom. The van der Waals surface area contributed by atoms with Crippen molar-refractivity contribution in [1.82, 2.24) is 14.9 Å². The van der Waals surface area contributed by atoms with Gasteiger partial charge in [-0.3, -0.25) is 14.5 Å². The van der Waals surface area contributed by atoms with Crippen LogP contribution in [0, 0.1) is 0 Å². The summed E-state index contributed by atoms with van der Waals surface area (Å²) in [6.45, 7) is 5.23. The van der Waals surface area contributed by atoms with E-state index in [1.165, 1.54) is 17.0 Å². The summed E-state index contributed by atoms with van der Waals surface area (Å²) in [5.41, 5.74) is 1.91. The van der Waals surface area contributed by atoms with Crippen molar-refractivity contribution in [2.24, 2.45) is 0 Å². The second-order valence-corrected chi connectivity index (χ2v) is 15.3. The Morgan fingerprint density at radius 1 is 0.857 bits per heavy atom. The van der Waals surface area contributed by atoms with E-state index in [0.29, 0.717) is 11.3 Å². The Bertz CT molecular complexity index is 1870. The number of carbonyl (C=O) groups excluding carboxylic acids is 3. The fraction of sp³-hybridized carbons (Fsp3) is 0.270. The highest BCUT2D eigenvalue weighted by atomic mass is 79.9. The standard InChI is InChI=1S/C37H38BrN3O7S/c1-37(2,3)48-36(44)41-24-30(47-29-20-16-27(17-21-29)26-10-6-4-7-11-26)23-33(41)35(43)39-32(22-25-14-18-28(38)19-15-25)34(42)40-49(45,46)31-12-8-5-9-13-31/h4-21,30,32-33H,22-24H2,1-3H3,(H,39,43)(H,40,42)/t30-,32-,33-/m0/s1. The zero-order valence-corrected chi connectivity index (χ0v) is 29.7. The maximum Gasteiger partial charge on any atom is 0.411 e. The molecule has 1 heterocycles. The van der Waals surface area contributed by atoms with Crippen LogP contribution in [0.3, 0.4) is 0 Å². The maximum absolute atomic E-state index is 14.0. The smallest absolute Gasteiger partial charge is 0.411 e. The second-order valence-electron chi connectivity index (χ2n) is 12.7. The van der Waals surface area contributed by atoms with E-state index in [1.54, 1.807) is 63.2 Å². The average Bonchev–Trinajstić information content (AvgIpc) is 3.50. The first-order chi connectivity index (χ1) is 23.3. The van der Waals surface area contributed by atoms with E-state index in [4.69, 9.17) is 9.47 Å². The minimum Gasteiger partial charge on any atom is -0.488 e. The number of hydrogen-bond acceptors (Lipinski definition) is 7. The Kier molecular flexibility index (Phi) is 11.1. The van der Waals surface area contributed by atoms with E-state index in [0.717, 1.165) is 15.6 Å². The summed E-state index contributed by atoms with van der Waals surface area (Å²) in [7, 11) is -4.23. The minimum absolute atomic E-state index is 0.0119. The largest absolute Gasteiger partial charge is 0.488 e. The van der Waals surface area contributed by atoms with Gasteiger partial charge < -0.3 is 14.8 Å².